The zero-order valence-corrected chi connectivity index (χ0v) is 52.3. The lowest BCUT2D eigenvalue weighted by atomic mass is 10.0. The first kappa shape index (κ1) is 65.5. The second-order valence-corrected chi connectivity index (χ2v) is 24.9. The number of rotatable bonds is 28. The van der Waals surface area contributed by atoms with Crippen LogP contribution in [0.15, 0.2) is 78.9 Å². The Morgan fingerprint density at radius 2 is 1.67 bits per heavy atom. The molecule has 0 radical (unpaired) electrons. The number of hydrogen-bond donors (Lipinski definition) is 7. The minimum Gasteiger partial charge on any atom is -0.491 e. The number of nitrogens with zero attached hydrogens (tertiary/aromatic N) is 8. The highest BCUT2D eigenvalue weighted by atomic mass is 32.1. The second kappa shape index (κ2) is 30.5. The standard InChI is InChI=1S/C63H73FN14O10S2/c1-39(2)54(70-51(79)25-35-87-36-31-76-52(80)23-24-53(76)81)59(83)68-47(14-7-26-66-61(65)86)58(82)67-43-20-17-42(18-21-43)38-78(4)32-29-75(30-33-78)27-8-11-41-19-22-48(45(64)37-41)88-34-10-16-50-55(60(84)85)71-63(90-50)77-28-9-12-44-40(3)56(73-74-57(44)77)72-62-69-46-13-5-6-15-49(46)89-62/h5-6,13,15,17-24,37,39,47,54H,7,9-10,12,14,16,25-36,38H2,1-4H3,(H7-,65,66,67,68,69,70,72,73,79,82,83,84,85,86)/p+1/t47-,54-/m0/s1. The number of ether oxygens (including phenoxy) is 2. The maximum Gasteiger partial charge on any atom is 0.355 e. The third kappa shape index (κ3) is 17.5. The average Bonchev–Trinajstić information content (AvgIpc) is 1.56. The number of piperazine rings is 1. The van der Waals surface area contributed by atoms with Crippen molar-refractivity contribution in [2.45, 2.75) is 84.3 Å². The highest BCUT2D eigenvalue weighted by Gasteiger charge is 2.32. The van der Waals surface area contributed by atoms with Crippen LogP contribution in [-0.4, -0.2) is 172 Å². The molecule has 0 saturated carbocycles. The summed E-state index contributed by atoms with van der Waals surface area (Å²) in [5, 5.41) is 34.8. The highest BCUT2D eigenvalue weighted by Crippen LogP contribution is 2.39. The van der Waals surface area contributed by atoms with Crippen LogP contribution in [-0.2, 0) is 48.1 Å². The number of aromatic carboxylic acids is 1. The molecule has 0 spiro atoms. The SMILES string of the molecule is Cc1c(Nc2nc3ccccc3s2)nnc2c1CCCN2c1nc(C(=O)O)c(CCCOc2ccc(C#CCN3CC[N+](C)(Cc4ccc(NC(=O)[C@H](CCCNC(N)=O)NC(=O)[C@@H](NC(=O)CCOCCN5C(=O)C=CC5=O)C(C)C)cc4)CC3)cc2F)s1. The molecule has 0 aliphatic carbocycles. The molecule has 90 heavy (non-hydrogen) atoms. The zero-order chi connectivity index (χ0) is 63.9. The van der Waals surface area contributed by atoms with Gasteiger partial charge in [0, 0.05) is 77.6 Å². The molecule has 27 heteroatoms. The Balaban J connectivity index is 0.700. The molecule has 474 valence electrons. The number of aromatic nitrogens is 4. The number of likely N-dealkylation sites (N-methyl/N-ethyl adjacent to an activating group) is 1. The van der Waals surface area contributed by atoms with Gasteiger partial charge in [0.15, 0.2) is 39.2 Å². The number of imide groups is 1. The zero-order valence-electron chi connectivity index (χ0n) is 50.6. The van der Waals surface area contributed by atoms with E-state index in [0.29, 0.717) is 65.2 Å². The van der Waals surface area contributed by atoms with E-state index in [-0.39, 0.29) is 63.1 Å². The lowest BCUT2D eigenvalue weighted by Crippen LogP contribution is -2.56. The van der Waals surface area contributed by atoms with Gasteiger partial charge in [-0.2, -0.15) is 0 Å². The van der Waals surface area contributed by atoms with E-state index in [1.54, 1.807) is 26.0 Å². The number of primary amides is 1. The van der Waals surface area contributed by atoms with E-state index in [1.807, 2.05) is 60.4 Å². The van der Waals surface area contributed by atoms with Gasteiger partial charge in [0.05, 0.1) is 63.3 Å². The number of benzene rings is 3. The summed E-state index contributed by atoms with van der Waals surface area (Å²) in [5.41, 5.74) is 10.2. The summed E-state index contributed by atoms with van der Waals surface area (Å²) >= 11 is 2.84. The van der Waals surface area contributed by atoms with E-state index in [0.717, 1.165) is 87.0 Å². The second-order valence-electron chi connectivity index (χ2n) is 22.8. The number of quaternary nitrogens is 1. The molecule has 2 atom stereocenters. The number of nitrogens with two attached hydrogens (primary N) is 1. The molecule has 0 bridgehead atoms. The summed E-state index contributed by atoms with van der Waals surface area (Å²) in [6.45, 7) is 11.1. The molecule has 24 nitrogen and oxygen atoms in total. The lowest BCUT2D eigenvalue weighted by Gasteiger charge is -2.41. The van der Waals surface area contributed by atoms with Gasteiger partial charge in [-0.05, 0) is 93.8 Å². The maximum atomic E-state index is 15.4. The number of fused-ring (bicyclic) bond motifs is 2. The Bertz CT molecular complexity index is 3660. The van der Waals surface area contributed by atoms with Gasteiger partial charge < -0.3 is 56.3 Å². The summed E-state index contributed by atoms with van der Waals surface area (Å²) in [5.74, 6) is 3.23. The fourth-order valence-corrected chi connectivity index (χ4v) is 12.6. The molecule has 3 aromatic heterocycles. The van der Waals surface area contributed by atoms with Crippen LogP contribution in [0.3, 0.4) is 0 Å². The number of para-hydroxylation sites is 1. The molecule has 6 aromatic rings. The summed E-state index contributed by atoms with van der Waals surface area (Å²) in [7, 11) is 2.20. The number of urea groups is 1. The third-order valence-electron chi connectivity index (χ3n) is 15.7. The van der Waals surface area contributed by atoms with Crippen molar-refractivity contribution in [3.63, 3.8) is 0 Å². The van der Waals surface area contributed by atoms with Crippen molar-refractivity contribution >= 4 is 102 Å². The van der Waals surface area contributed by atoms with Crippen LogP contribution < -0.4 is 42.0 Å². The number of carbonyl (C=O) groups is 7. The number of hydrogen-bond acceptors (Lipinski definition) is 18. The number of aryl methyl sites for hydroxylation is 1. The van der Waals surface area contributed by atoms with Crippen LogP contribution in [0.5, 0.6) is 5.75 Å². The number of carboxylic acid groups (broad SMARTS) is 1. The molecular weight excluding hydrogens is 1200 g/mol. The molecule has 7 amide bonds. The van der Waals surface area contributed by atoms with Gasteiger partial charge in [-0.25, -0.2) is 23.9 Å². The van der Waals surface area contributed by atoms with E-state index in [2.05, 4.69) is 70.5 Å². The number of carbonyl (C=O) groups excluding carboxylic acids is 6. The minimum absolute atomic E-state index is 0.0144. The van der Waals surface area contributed by atoms with E-state index in [4.69, 9.17) is 15.2 Å². The fourth-order valence-electron chi connectivity index (χ4n) is 10.6. The summed E-state index contributed by atoms with van der Waals surface area (Å²) in [4.78, 5) is 103. The van der Waals surface area contributed by atoms with E-state index in [9.17, 15) is 38.7 Å². The molecule has 6 heterocycles. The largest absolute Gasteiger partial charge is 0.491 e. The van der Waals surface area contributed by atoms with Gasteiger partial charge >= 0.3 is 12.0 Å². The Morgan fingerprint density at radius 3 is 2.39 bits per heavy atom. The molecular formula is C63H74FN14O10S2+. The first-order valence-electron chi connectivity index (χ1n) is 29.9. The van der Waals surface area contributed by atoms with Crippen molar-refractivity contribution in [3.05, 3.63) is 118 Å². The molecule has 8 N–H and O–H groups in total. The number of amides is 7. The van der Waals surface area contributed by atoms with Crippen molar-refractivity contribution in [2.24, 2.45) is 11.7 Å². The summed E-state index contributed by atoms with van der Waals surface area (Å²) < 4.78 is 28.5. The minimum atomic E-state index is -1.13. The molecule has 3 aliphatic rings. The predicted octanol–water partition coefficient (Wildman–Crippen LogP) is 6.19. The Morgan fingerprint density at radius 1 is 0.900 bits per heavy atom. The van der Waals surface area contributed by atoms with E-state index >= 15 is 4.39 Å². The first-order chi connectivity index (χ1) is 43.3. The quantitative estimate of drug-likeness (QED) is 0.0125. The Kier molecular flexibility index (Phi) is 22.2. The monoisotopic (exact) mass is 1270 g/mol. The number of thiazole rings is 2. The molecule has 1 fully saturated rings. The van der Waals surface area contributed by atoms with Crippen LogP contribution >= 0.6 is 22.7 Å². The first-order valence-corrected chi connectivity index (χ1v) is 31.5. The van der Waals surface area contributed by atoms with Crippen LogP contribution in [0.4, 0.5) is 36.8 Å². The van der Waals surface area contributed by atoms with Crippen molar-refractivity contribution < 1.29 is 57.0 Å². The predicted molar refractivity (Wildman–Crippen MR) is 339 cm³/mol. The number of halogens is 1. The van der Waals surface area contributed by atoms with Gasteiger partial charge in [-0.3, -0.25) is 33.8 Å². The van der Waals surface area contributed by atoms with Gasteiger partial charge in [0.25, 0.3) is 11.8 Å². The third-order valence-corrected chi connectivity index (χ3v) is 17.8. The van der Waals surface area contributed by atoms with Gasteiger partial charge in [0.1, 0.15) is 18.6 Å². The topological polar surface area (TPSA) is 306 Å². The highest BCUT2D eigenvalue weighted by molar-refractivity contribution is 7.22. The number of carboxylic acids is 1. The van der Waals surface area contributed by atoms with E-state index in [1.165, 1.54) is 40.9 Å². The Labute approximate surface area is 528 Å². The van der Waals surface area contributed by atoms with Crippen molar-refractivity contribution in [1.29, 1.82) is 0 Å². The smallest absolute Gasteiger partial charge is 0.355 e. The van der Waals surface area contributed by atoms with Crippen molar-refractivity contribution in [1.82, 2.24) is 45.9 Å². The van der Waals surface area contributed by atoms with Crippen LogP contribution in [0, 0.1) is 30.5 Å². The normalized spacial score (nSPS) is 15.2. The molecule has 9 rings (SSSR count). The van der Waals surface area contributed by atoms with E-state index < -0.39 is 59.4 Å². The number of anilines is 5. The van der Waals surface area contributed by atoms with Gasteiger partial charge in [0.2, 0.25) is 17.7 Å². The lowest BCUT2D eigenvalue weighted by molar-refractivity contribution is -0.926. The van der Waals surface area contributed by atoms with Crippen molar-refractivity contribution in [3.8, 4) is 17.6 Å². The molecule has 1 saturated heterocycles. The molecule has 3 aromatic carbocycles. The van der Waals surface area contributed by atoms with Gasteiger partial charge in [-0.15, -0.1) is 21.5 Å². The van der Waals surface area contributed by atoms with Crippen LogP contribution in [0.1, 0.15) is 83.6 Å². The van der Waals surface area contributed by atoms with Gasteiger partial charge in [-0.1, -0.05) is 61.3 Å². The average molecular weight is 1270 g/mol. The molecule has 0 unspecified atom stereocenters. The van der Waals surface area contributed by atoms with Crippen molar-refractivity contribution in [2.75, 3.05) is 94.8 Å². The van der Waals surface area contributed by atoms with Crippen LogP contribution in [0.2, 0.25) is 0 Å². The summed E-state index contributed by atoms with van der Waals surface area (Å²) in [6, 6.07) is 17.3. The summed E-state index contributed by atoms with van der Waals surface area (Å²) in [6.07, 6.45) is 5.13. The number of nitrogens with one attached hydrogen (secondary N) is 5. The Hall–Kier alpha value is -8.94. The fraction of sp³-hybridized carbons (Fsp3) is 0.413. The van der Waals surface area contributed by atoms with Crippen LogP contribution in [0.25, 0.3) is 10.2 Å². The maximum absolute atomic E-state index is 15.4. The molecule has 3 aliphatic heterocycles.